The molecule has 1 fully saturated rings. The summed E-state index contributed by atoms with van der Waals surface area (Å²) in [5, 5.41) is 7.45. The Morgan fingerprint density at radius 3 is 2.79 bits per heavy atom. The van der Waals surface area contributed by atoms with Crippen LogP contribution in [0.25, 0.3) is 10.9 Å². The number of allylic oxidation sites excluding steroid dienone is 1. The molecule has 1 amide bonds. The van der Waals surface area contributed by atoms with E-state index >= 15 is 0 Å². The number of aryl methyl sites for hydroxylation is 1. The fourth-order valence-corrected chi connectivity index (χ4v) is 4.80. The summed E-state index contributed by atoms with van der Waals surface area (Å²) in [7, 11) is 0. The predicted octanol–water partition coefficient (Wildman–Crippen LogP) is 3.56. The van der Waals surface area contributed by atoms with E-state index in [2.05, 4.69) is 31.7 Å². The van der Waals surface area contributed by atoms with Crippen LogP contribution in [0, 0.1) is 6.92 Å². The number of guanidine groups is 1. The molecule has 1 aromatic carbocycles. The molecule has 2 unspecified atom stereocenters. The fourth-order valence-electron chi connectivity index (χ4n) is 4.80. The molecule has 1 heterocycles. The minimum Gasteiger partial charge on any atom is -0.370 e. The molecule has 6 N–H and O–H groups in total. The van der Waals surface area contributed by atoms with Crippen molar-refractivity contribution in [3.05, 3.63) is 41.2 Å². The van der Waals surface area contributed by atoms with E-state index in [1.54, 1.807) is 0 Å². The summed E-state index contributed by atoms with van der Waals surface area (Å²) < 4.78 is 0. The van der Waals surface area contributed by atoms with Crippen molar-refractivity contribution in [2.45, 2.75) is 76.8 Å². The average Bonchev–Trinajstić information content (AvgIpc) is 2.81. The van der Waals surface area contributed by atoms with Crippen LogP contribution in [0.15, 0.2) is 34.8 Å². The standard InChI is InChI=1S/C25H35N7O/c1-16-11-12-19-18(15-16)22(30-20-9-5-6-10-21(20)31-25(26)27)32-23(29-19)24(33)28-14-13-17-7-3-2-4-8-17/h7,11-12,15,20-21H,2-6,8-10,13-14H2,1H3,(H,28,33)(H4,26,27,31)(H,29,30,32). The van der Waals surface area contributed by atoms with Crippen LogP contribution in [0.3, 0.4) is 0 Å². The molecular formula is C25H35N7O. The van der Waals surface area contributed by atoms with Crippen LogP contribution in [0.2, 0.25) is 0 Å². The number of fused-ring (bicyclic) bond motifs is 1. The summed E-state index contributed by atoms with van der Waals surface area (Å²) in [6.45, 7) is 2.63. The number of anilines is 1. The average molecular weight is 450 g/mol. The van der Waals surface area contributed by atoms with E-state index in [0.29, 0.717) is 12.4 Å². The Morgan fingerprint density at radius 1 is 1.15 bits per heavy atom. The summed E-state index contributed by atoms with van der Waals surface area (Å²) in [6, 6.07) is 6.02. The number of nitrogens with zero attached hydrogens (tertiary/aromatic N) is 3. The first-order chi connectivity index (χ1) is 16.0. The van der Waals surface area contributed by atoms with Gasteiger partial charge in [0, 0.05) is 11.9 Å². The van der Waals surface area contributed by atoms with Gasteiger partial charge in [-0.2, -0.15) is 0 Å². The highest BCUT2D eigenvalue weighted by atomic mass is 16.2. The van der Waals surface area contributed by atoms with E-state index in [4.69, 9.17) is 11.5 Å². The normalized spacial score (nSPS) is 20.7. The summed E-state index contributed by atoms with van der Waals surface area (Å²) in [6.07, 6.45) is 12.0. The van der Waals surface area contributed by atoms with Crippen molar-refractivity contribution in [1.29, 1.82) is 0 Å². The second kappa shape index (κ2) is 10.6. The zero-order valence-corrected chi connectivity index (χ0v) is 19.4. The first kappa shape index (κ1) is 23.0. The summed E-state index contributed by atoms with van der Waals surface area (Å²) in [4.78, 5) is 26.6. The molecule has 2 aliphatic rings. The van der Waals surface area contributed by atoms with Gasteiger partial charge in [0.05, 0.1) is 17.6 Å². The fraction of sp³-hybridized carbons (Fsp3) is 0.520. The topological polar surface area (TPSA) is 131 Å². The van der Waals surface area contributed by atoms with Crippen LogP contribution in [-0.2, 0) is 0 Å². The maximum atomic E-state index is 12.9. The molecule has 176 valence electrons. The zero-order valence-electron chi connectivity index (χ0n) is 19.4. The van der Waals surface area contributed by atoms with E-state index in [9.17, 15) is 4.79 Å². The Balaban J connectivity index is 1.55. The molecule has 2 aliphatic carbocycles. The number of aliphatic imine (C=N–C) groups is 1. The number of aromatic nitrogens is 2. The van der Waals surface area contributed by atoms with Gasteiger partial charge in [0.2, 0.25) is 5.82 Å². The lowest BCUT2D eigenvalue weighted by Crippen LogP contribution is -2.38. The Labute approximate surface area is 195 Å². The van der Waals surface area contributed by atoms with Gasteiger partial charge in [-0.15, -0.1) is 0 Å². The largest absolute Gasteiger partial charge is 0.370 e. The van der Waals surface area contributed by atoms with Crippen molar-refractivity contribution in [1.82, 2.24) is 15.3 Å². The van der Waals surface area contributed by atoms with Crippen molar-refractivity contribution in [3.8, 4) is 0 Å². The van der Waals surface area contributed by atoms with Crippen molar-refractivity contribution >= 4 is 28.6 Å². The van der Waals surface area contributed by atoms with Crippen LogP contribution >= 0.6 is 0 Å². The molecule has 1 saturated carbocycles. The quantitative estimate of drug-likeness (QED) is 0.290. The van der Waals surface area contributed by atoms with Gasteiger partial charge < -0.3 is 22.1 Å². The Morgan fingerprint density at radius 2 is 2.00 bits per heavy atom. The molecule has 0 radical (unpaired) electrons. The highest BCUT2D eigenvalue weighted by Gasteiger charge is 2.26. The molecular weight excluding hydrogens is 414 g/mol. The Bertz CT molecular complexity index is 1060. The number of nitrogens with two attached hydrogens (primary N) is 2. The van der Waals surface area contributed by atoms with E-state index in [1.165, 1.54) is 18.4 Å². The minimum absolute atomic E-state index is 0.0142. The molecule has 8 heteroatoms. The van der Waals surface area contributed by atoms with Crippen LogP contribution in [0.4, 0.5) is 5.82 Å². The van der Waals surface area contributed by atoms with Crippen molar-refractivity contribution in [3.63, 3.8) is 0 Å². The van der Waals surface area contributed by atoms with Gasteiger partial charge in [0.25, 0.3) is 5.91 Å². The van der Waals surface area contributed by atoms with E-state index in [-0.39, 0.29) is 29.8 Å². The molecule has 0 bridgehead atoms. The third kappa shape index (κ3) is 6.00. The van der Waals surface area contributed by atoms with Crippen LogP contribution < -0.4 is 22.1 Å². The maximum absolute atomic E-state index is 12.9. The summed E-state index contributed by atoms with van der Waals surface area (Å²) in [5.74, 6) is 0.693. The number of hydrogen-bond donors (Lipinski definition) is 4. The molecule has 0 aliphatic heterocycles. The van der Waals surface area contributed by atoms with Gasteiger partial charge in [0.15, 0.2) is 5.96 Å². The molecule has 4 rings (SSSR count). The second-order valence-electron chi connectivity index (χ2n) is 9.19. The lowest BCUT2D eigenvalue weighted by Gasteiger charge is -2.30. The van der Waals surface area contributed by atoms with Gasteiger partial charge in [-0.25, -0.2) is 15.0 Å². The van der Waals surface area contributed by atoms with Crippen molar-refractivity contribution < 1.29 is 4.79 Å². The van der Waals surface area contributed by atoms with E-state index in [1.807, 2.05) is 25.1 Å². The van der Waals surface area contributed by atoms with E-state index in [0.717, 1.165) is 61.4 Å². The van der Waals surface area contributed by atoms with Gasteiger partial charge in [-0.1, -0.05) is 36.1 Å². The molecule has 2 aromatic rings. The molecule has 0 spiro atoms. The maximum Gasteiger partial charge on any atom is 0.289 e. The van der Waals surface area contributed by atoms with Gasteiger partial charge in [0.1, 0.15) is 5.82 Å². The molecule has 0 saturated heterocycles. The monoisotopic (exact) mass is 449 g/mol. The summed E-state index contributed by atoms with van der Waals surface area (Å²) in [5.41, 5.74) is 14.6. The minimum atomic E-state index is -0.249. The van der Waals surface area contributed by atoms with Gasteiger partial charge in [-0.3, -0.25) is 4.79 Å². The Kier molecular flexibility index (Phi) is 7.42. The van der Waals surface area contributed by atoms with Gasteiger partial charge >= 0.3 is 0 Å². The predicted molar refractivity (Wildman–Crippen MR) is 133 cm³/mol. The van der Waals surface area contributed by atoms with Crippen LogP contribution in [0.1, 0.15) is 74.0 Å². The molecule has 33 heavy (non-hydrogen) atoms. The third-order valence-corrected chi connectivity index (χ3v) is 6.54. The highest BCUT2D eigenvalue weighted by Crippen LogP contribution is 2.28. The smallest absolute Gasteiger partial charge is 0.289 e. The number of benzene rings is 1. The first-order valence-electron chi connectivity index (χ1n) is 12.1. The Hall–Kier alpha value is -3.16. The highest BCUT2D eigenvalue weighted by molar-refractivity contribution is 5.96. The molecule has 1 aromatic heterocycles. The van der Waals surface area contributed by atoms with E-state index < -0.39 is 0 Å². The summed E-state index contributed by atoms with van der Waals surface area (Å²) >= 11 is 0. The zero-order chi connectivity index (χ0) is 23.2. The number of carbonyl (C=O) groups excluding carboxylic acids is 1. The third-order valence-electron chi connectivity index (χ3n) is 6.54. The van der Waals surface area contributed by atoms with Crippen molar-refractivity contribution in [2.24, 2.45) is 16.5 Å². The molecule has 2 atom stereocenters. The SMILES string of the molecule is Cc1ccc2nc(C(=O)NCCC3=CCCCC3)nc(NC3CCCCC3N=C(N)N)c2c1. The number of carbonyl (C=O) groups is 1. The second-order valence-corrected chi connectivity index (χ2v) is 9.19. The number of amides is 1. The lowest BCUT2D eigenvalue weighted by atomic mass is 9.90. The van der Waals surface area contributed by atoms with Crippen LogP contribution in [-0.4, -0.2) is 40.5 Å². The van der Waals surface area contributed by atoms with Crippen molar-refractivity contribution in [2.75, 3.05) is 11.9 Å². The number of nitrogens with one attached hydrogen (secondary N) is 2. The number of rotatable bonds is 7. The number of hydrogen-bond acceptors (Lipinski definition) is 5. The molecule has 8 nitrogen and oxygen atoms in total. The lowest BCUT2D eigenvalue weighted by molar-refractivity contribution is 0.0944. The van der Waals surface area contributed by atoms with Gasteiger partial charge in [-0.05, 0) is 64.0 Å². The van der Waals surface area contributed by atoms with Crippen LogP contribution in [0.5, 0.6) is 0 Å². The first-order valence-corrected chi connectivity index (χ1v) is 12.1.